The van der Waals surface area contributed by atoms with E-state index in [9.17, 15) is 26.4 Å². The van der Waals surface area contributed by atoms with Crippen LogP contribution in [0, 0.1) is 0 Å². The van der Waals surface area contributed by atoms with Crippen LogP contribution in [0.2, 0.25) is 0 Å². The van der Waals surface area contributed by atoms with Crippen molar-refractivity contribution in [3.8, 4) is 0 Å². The van der Waals surface area contributed by atoms with Gasteiger partial charge in [0.2, 0.25) is 11.7 Å². The number of amides is 1. The van der Waals surface area contributed by atoms with Crippen molar-refractivity contribution < 1.29 is 26.4 Å². The van der Waals surface area contributed by atoms with Gasteiger partial charge < -0.3 is 9.47 Å². The van der Waals surface area contributed by atoms with Crippen molar-refractivity contribution in [3.05, 3.63) is 5.82 Å². The second-order valence-electron chi connectivity index (χ2n) is 5.80. The molecule has 25 heavy (non-hydrogen) atoms. The molecule has 1 fully saturated rings. The van der Waals surface area contributed by atoms with Crippen LogP contribution in [0.15, 0.2) is 5.16 Å². The summed E-state index contributed by atoms with van der Waals surface area (Å²) in [7, 11) is -1.96. The maximum Gasteiger partial charge on any atom is 0.451 e. The summed E-state index contributed by atoms with van der Waals surface area (Å²) in [5.74, 6) is -1.50. The predicted octanol–water partition coefficient (Wildman–Crippen LogP) is 1.35. The Morgan fingerprint density at radius 2 is 2.08 bits per heavy atom. The van der Waals surface area contributed by atoms with Crippen molar-refractivity contribution in [2.75, 3.05) is 18.1 Å². The Balaban J connectivity index is 2.11. The van der Waals surface area contributed by atoms with Crippen LogP contribution < -0.4 is 0 Å². The molecular weight excluding hydrogens is 381 g/mol. The molecule has 142 valence electrons. The number of carbonyl (C=O) groups is 1. The van der Waals surface area contributed by atoms with Crippen LogP contribution in [0.4, 0.5) is 13.2 Å². The van der Waals surface area contributed by atoms with Gasteiger partial charge in [-0.25, -0.2) is 8.42 Å². The normalized spacial score (nSPS) is 21.3. The van der Waals surface area contributed by atoms with Crippen LogP contribution in [-0.2, 0) is 27.9 Å². The minimum atomic E-state index is -4.62. The van der Waals surface area contributed by atoms with Crippen LogP contribution in [0.25, 0.3) is 0 Å². The van der Waals surface area contributed by atoms with Gasteiger partial charge in [-0.3, -0.25) is 4.79 Å². The molecule has 12 heteroatoms. The number of hydrogen-bond acceptors (Lipinski definition) is 6. The van der Waals surface area contributed by atoms with Gasteiger partial charge >= 0.3 is 6.18 Å². The first-order chi connectivity index (χ1) is 11.5. The lowest BCUT2D eigenvalue weighted by Crippen LogP contribution is -2.44. The van der Waals surface area contributed by atoms with Crippen molar-refractivity contribution in [2.24, 2.45) is 7.05 Å². The van der Waals surface area contributed by atoms with Gasteiger partial charge in [0.15, 0.2) is 15.0 Å². The molecule has 1 aliphatic rings. The lowest BCUT2D eigenvalue weighted by molar-refractivity contribution is -0.147. The molecule has 0 saturated carbocycles. The minimum absolute atomic E-state index is 0.0247. The van der Waals surface area contributed by atoms with Crippen LogP contribution in [0.3, 0.4) is 0 Å². The van der Waals surface area contributed by atoms with Gasteiger partial charge in [0.25, 0.3) is 0 Å². The molecule has 7 nitrogen and oxygen atoms in total. The third-order valence-corrected chi connectivity index (χ3v) is 6.86. The van der Waals surface area contributed by atoms with Crippen LogP contribution >= 0.6 is 11.8 Å². The van der Waals surface area contributed by atoms with Gasteiger partial charge in [-0.1, -0.05) is 11.8 Å². The van der Waals surface area contributed by atoms with Gasteiger partial charge in [0, 0.05) is 19.6 Å². The molecule has 1 amide bonds. The van der Waals surface area contributed by atoms with Gasteiger partial charge in [0.05, 0.1) is 16.8 Å². The molecule has 1 aliphatic heterocycles. The maximum absolute atomic E-state index is 12.8. The summed E-state index contributed by atoms with van der Waals surface area (Å²) in [4.78, 5) is 14.1. The highest BCUT2D eigenvalue weighted by atomic mass is 32.2. The number of thioether (sulfide) groups is 1. The first-order valence-corrected chi connectivity index (χ1v) is 10.3. The molecule has 0 radical (unpaired) electrons. The number of rotatable bonds is 5. The molecule has 0 bridgehead atoms. The Labute approximate surface area is 147 Å². The zero-order valence-electron chi connectivity index (χ0n) is 13.9. The second-order valence-corrected chi connectivity index (χ2v) is 9.34. The highest BCUT2D eigenvalue weighted by molar-refractivity contribution is 8.00. The smallest absolute Gasteiger partial charge is 0.338 e. The van der Waals surface area contributed by atoms with Crippen molar-refractivity contribution >= 4 is 27.5 Å². The SMILES string of the molecule is CCN(C(=O)[C@H](C)Sc1nnc(C(F)(F)F)n1C)[C@H]1CCS(=O)(=O)C1. The lowest BCUT2D eigenvalue weighted by atomic mass is 10.2. The summed E-state index contributed by atoms with van der Waals surface area (Å²) in [6.07, 6.45) is -4.25. The summed E-state index contributed by atoms with van der Waals surface area (Å²) in [6.45, 7) is 3.63. The second kappa shape index (κ2) is 7.14. The molecule has 1 aromatic rings. The Bertz CT molecular complexity index is 748. The summed E-state index contributed by atoms with van der Waals surface area (Å²) in [6, 6.07) is -0.393. The van der Waals surface area contributed by atoms with E-state index < -0.39 is 33.1 Å². The molecule has 2 heterocycles. The quantitative estimate of drug-likeness (QED) is 0.694. The standard InChI is InChI=1S/C13H19F3N4O3S2/c1-4-20(9-5-6-25(22,23)7-9)10(21)8(2)24-12-18-17-11(19(12)3)13(14,15)16/h8-9H,4-7H2,1-3H3/t8-,9-/m0/s1. The van der Waals surface area contributed by atoms with Crippen molar-refractivity contribution in [1.29, 1.82) is 0 Å². The van der Waals surface area contributed by atoms with Crippen molar-refractivity contribution in [1.82, 2.24) is 19.7 Å². The van der Waals surface area contributed by atoms with Crippen LogP contribution in [-0.4, -0.2) is 63.3 Å². The summed E-state index contributed by atoms with van der Waals surface area (Å²) in [5, 5.41) is 5.88. The van der Waals surface area contributed by atoms with E-state index in [1.54, 1.807) is 13.8 Å². The molecule has 1 aromatic heterocycles. The minimum Gasteiger partial charge on any atom is -0.338 e. The third kappa shape index (κ3) is 4.46. The van der Waals surface area contributed by atoms with E-state index in [0.717, 1.165) is 16.3 Å². The van der Waals surface area contributed by atoms with Gasteiger partial charge in [0.1, 0.15) is 0 Å². The molecule has 0 unspecified atom stereocenters. The molecule has 0 aromatic carbocycles. The maximum atomic E-state index is 12.8. The predicted molar refractivity (Wildman–Crippen MR) is 85.8 cm³/mol. The molecular formula is C13H19F3N4O3S2. The molecule has 0 N–H and O–H groups in total. The van der Waals surface area contributed by atoms with Crippen LogP contribution in [0.1, 0.15) is 26.1 Å². The van der Waals surface area contributed by atoms with Gasteiger partial charge in [-0.2, -0.15) is 13.2 Å². The van der Waals surface area contributed by atoms with E-state index in [0.29, 0.717) is 13.0 Å². The molecule has 0 aliphatic carbocycles. The van der Waals surface area contributed by atoms with Crippen molar-refractivity contribution in [3.63, 3.8) is 0 Å². The van der Waals surface area contributed by atoms with Gasteiger partial charge in [-0.05, 0) is 20.3 Å². The fourth-order valence-electron chi connectivity index (χ4n) is 2.72. The molecule has 2 rings (SSSR count). The first kappa shape index (κ1) is 20.0. The monoisotopic (exact) mass is 400 g/mol. The number of carbonyl (C=O) groups excluding carboxylic acids is 1. The Kier molecular flexibility index (Phi) is 5.71. The zero-order valence-corrected chi connectivity index (χ0v) is 15.6. The number of alkyl halides is 3. The topological polar surface area (TPSA) is 85.2 Å². The van der Waals surface area contributed by atoms with Crippen LogP contribution in [0.5, 0.6) is 0 Å². The fraction of sp³-hybridized carbons (Fsp3) is 0.769. The van der Waals surface area contributed by atoms with Gasteiger partial charge in [-0.15, -0.1) is 10.2 Å². The number of hydrogen-bond donors (Lipinski definition) is 0. The van der Waals surface area contributed by atoms with E-state index in [1.165, 1.54) is 11.9 Å². The largest absolute Gasteiger partial charge is 0.451 e. The lowest BCUT2D eigenvalue weighted by Gasteiger charge is -2.29. The molecule has 2 atom stereocenters. The summed E-state index contributed by atoms with van der Waals surface area (Å²) in [5.41, 5.74) is 0. The van der Waals surface area contributed by atoms with E-state index in [2.05, 4.69) is 10.2 Å². The summed E-state index contributed by atoms with van der Waals surface area (Å²) < 4.78 is 62.3. The van der Waals surface area contributed by atoms with E-state index >= 15 is 0 Å². The highest BCUT2D eigenvalue weighted by Crippen LogP contribution is 2.31. The number of sulfone groups is 1. The fourth-order valence-corrected chi connectivity index (χ4v) is 5.34. The zero-order chi connectivity index (χ0) is 19.0. The Morgan fingerprint density at radius 1 is 1.44 bits per heavy atom. The summed E-state index contributed by atoms with van der Waals surface area (Å²) >= 11 is 0.866. The van der Waals surface area contributed by atoms with Crippen molar-refractivity contribution in [2.45, 2.75) is 42.9 Å². The molecule has 0 spiro atoms. The number of aromatic nitrogens is 3. The van der Waals surface area contributed by atoms with E-state index in [1.807, 2.05) is 0 Å². The number of halogens is 3. The average molecular weight is 400 g/mol. The van der Waals surface area contributed by atoms with E-state index in [-0.39, 0.29) is 22.6 Å². The Morgan fingerprint density at radius 3 is 2.52 bits per heavy atom. The van der Waals surface area contributed by atoms with E-state index in [4.69, 9.17) is 0 Å². The average Bonchev–Trinajstić information content (AvgIpc) is 3.02. The third-order valence-electron chi connectivity index (χ3n) is 3.99. The number of nitrogens with zero attached hydrogens (tertiary/aromatic N) is 4. The first-order valence-electron chi connectivity index (χ1n) is 7.60. The Hall–Kier alpha value is -1.30. The molecule has 1 saturated heterocycles. The highest BCUT2D eigenvalue weighted by Gasteiger charge is 2.39.